The molecule has 3 atom stereocenters. The van der Waals surface area contributed by atoms with Crippen LogP contribution in [0.4, 0.5) is 4.39 Å². The number of halogens is 1. The predicted molar refractivity (Wildman–Crippen MR) is 93.8 cm³/mol. The van der Waals surface area contributed by atoms with Gasteiger partial charge in [0.15, 0.2) is 6.17 Å². The number of amides is 3. The molecule has 1 N–H and O–H groups in total. The number of hydrogen-bond donors (Lipinski definition) is 1. The molecule has 0 saturated carbocycles. The summed E-state index contributed by atoms with van der Waals surface area (Å²) in [6.45, 7) is 3.99. The van der Waals surface area contributed by atoms with Crippen LogP contribution in [0, 0.1) is 0 Å². The number of rotatable bonds is 7. The van der Waals surface area contributed by atoms with Crippen LogP contribution in [0.5, 0.6) is 0 Å². The lowest BCUT2D eigenvalue weighted by atomic mass is 10.1. The molecule has 0 aromatic rings. The summed E-state index contributed by atoms with van der Waals surface area (Å²) in [6, 6.07) is 0.443. The molecular formula is C18H28FN3O5. The first-order valence-electron chi connectivity index (χ1n) is 9.53. The van der Waals surface area contributed by atoms with Crippen LogP contribution in [0.3, 0.4) is 0 Å². The number of hydroxylamine groups is 2. The largest absolute Gasteiger partial charge is 0.353 e. The average molecular weight is 385 g/mol. The van der Waals surface area contributed by atoms with Crippen LogP contribution < -0.4 is 5.32 Å². The molecule has 2 aliphatic heterocycles. The summed E-state index contributed by atoms with van der Waals surface area (Å²) in [5.41, 5.74) is 0. The van der Waals surface area contributed by atoms with Crippen molar-refractivity contribution < 1.29 is 28.4 Å². The van der Waals surface area contributed by atoms with E-state index in [1.807, 2.05) is 18.7 Å². The van der Waals surface area contributed by atoms with Crippen molar-refractivity contribution in [2.45, 2.75) is 77.0 Å². The minimum absolute atomic E-state index is 0.0136. The summed E-state index contributed by atoms with van der Waals surface area (Å²) in [5, 5.41) is 2.81. The predicted octanol–water partition coefficient (Wildman–Crippen LogP) is 1.09. The molecule has 0 aromatic heterocycles. The van der Waals surface area contributed by atoms with E-state index in [0.29, 0.717) is 5.06 Å². The van der Waals surface area contributed by atoms with Crippen LogP contribution in [0.25, 0.3) is 0 Å². The van der Waals surface area contributed by atoms with Gasteiger partial charge in [0, 0.05) is 38.0 Å². The number of carbonyl (C=O) groups is 4. The van der Waals surface area contributed by atoms with E-state index >= 15 is 0 Å². The fourth-order valence-electron chi connectivity index (χ4n) is 3.48. The summed E-state index contributed by atoms with van der Waals surface area (Å²) in [7, 11) is 0. The van der Waals surface area contributed by atoms with Gasteiger partial charge in [0.05, 0.1) is 6.42 Å². The molecular weight excluding hydrogens is 357 g/mol. The van der Waals surface area contributed by atoms with Crippen LogP contribution in [0.1, 0.15) is 58.8 Å². The summed E-state index contributed by atoms with van der Waals surface area (Å²) < 4.78 is 14.3. The van der Waals surface area contributed by atoms with Crippen molar-refractivity contribution in [3.8, 4) is 0 Å². The summed E-state index contributed by atoms with van der Waals surface area (Å²) in [5.74, 6) is -2.74. The van der Waals surface area contributed by atoms with Crippen molar-refractivity contribution in [1.29, 1.82) is 0 Å². The second-order valence-electron chi connectivity index (χ2n) is 7.23. The lowest BCUT2D eigenvalue weighted by Crippen LogP contribution is -2.47. The molecule has 27 heavy (non-hydrogen) atoms. The Morgan fingerprint density at radius 2 is 1.70 bits per heavy atom. The van der Waals surface area contributed by atoms with Gasteiger partial charge in [-0.15, -0.1) is 5.06 Å². The van der Waals surface area contributed by atoms with Gasteiger partial charge in [-0.2, -0.15) is 0 Å². The minimum Gasteiger partial charge on any atom is -0.353 e. The SMILES string of the molecule is CC1CCCCC(C)N1C[C@H](F)C(=O)NCCC(=O)ON1C(=O)CCC1=O. The molecule has 3 amide bonds. The maximum atomic E-state index is 14.3. The Morgan fingerprint density at radius 1 is 1.15 bits per heavy atom. The van der Waals surface area contributed by atoms with Gasteiger partial charge in [-0.3, -0.25) is 19.3 Å². The van der Waals surface area contributed by atoms with Gasteiger partial charge in [-0.05, 0) is 26.7 Å². The molecule has 152 valence electrons. The molecule has 0 spiro atoms. The first-order chi connectivity index (χ1) is 12.8. The number of alkyl halides is 1. The Hall–Kier alpha value is -2.03. The molecule has 0 radical (unpaired) electrons. The Kier molecular flexibility index (Phi) is 7.70. The maximum absolute atomic E-state index is 14.3. The highest BCUT2D eigenvalue weighted by molar-refractivity contribution is 6.01. The van der Waals surface area contributed by atoms with Gasteiger partial charge >= 0.3 is 5.97 Å². The molecule has 2 fully saturated rings. The lowest BCUT2D eigenvalue weighted by molar-refractivity contribution is -0.197. The van der Waals surface area contributed by atoms with E-state index in [2.05, 4.69) is 10.2 Å². The molecule has 2 heterocycles. The van der Waals surface area contributed by atoms with Gasteiger partial charge in [-0.1, -0.05) is 12.8 Å². The van der Waals surface area contributed by atoms with Gasteiger partial charge in [0.25, 0.3) is 17.7 Å². The molecule has 2 saturated heterocycles. The van der Waals surface area contributed by atoms with Gasteiger partial charge in [-0.25, -0.2) is 9.18 Å². The molecule has 9 heteroatoms. The second-order valence-corrected chi connectivity index (χ2v) is 7.23. The van der Waals surface area contributed by atoms with Crippen LogP contribution in [-0.4, -0.2) is 65.0 Å². The van der Waals surface area contributed by atoms with Crippen molar-refractivity contribution in [3.05, 3.63) is 0 Å². The van der Waals surface area contributed by atoms with Gasteiger partial charge < -0.3 is 10.2 Å². The van der Waals surface area contributed by atoms with E-state index in [1.54, 1.807) is 0 Å². The van der Waals surface area contributed by atoms with E-state index in [-0.39, 0.29) is 44.4 Å². The Bertz CT molecular complexity index is 557. The number of carbonyl (C=O) groups excluding carboxylic acids is 4. The molecule has 2 unspecified atom stereocenters. The highest BCUT2D eigenvalue weighted by Gasteiger charge is 2.33. The molecule has 0 aromatic carbocycles. The zero-order valence-electron chi connectivity index (χ0n) is 15.9. The first kappa shape index (κ1) is 21.3. The molecule has 8 nitrogen and oxygen atoms in total. The van der Waals surface area contributed by atoms with Crippen molar-refractivity contribution in [2.24, 2.45) is 0 Å². The van der Waals surface area contributed by atoms with Crippen molar-refractivity contribution in [3.63, 3.8) is 0 Å². The molecule has 2 aliphatic rings. The number of imide groups is 1. The van der Waals surface area contributed by atoms with E-state index in [9.17, 15) is 23.6 Å². The van der Waals surface area contributed by atoms with Crippen LogP contribution in [0.15, 0.2) is 0 Å². The molecule has 0 bridgehead atoms. The lowest BCUT2D eigenvalue weighted by Gasteiger charge is -2.33. The van der Waals surface area contributed by atoms with E-state index < -0.39 is 29.9 Å². The third-order valence-electron chi connectivity index (χ3n) is 5.11. The number of nitrogens with zero attached hydrogens (tertiary/aromatic N) is 2. The van der Waals surface area contributed by atoms with Crippen molar-refractivity contribution in [2.75, 3.05) is 13.1 Å². The number of nitrogens with one attached hydrogen (secondary N) is 1. The maximum Gasteiger partial charge on any atom is 0.334 e. The molecule has 2 rings (SSSR count). The van der Waals surface area contributed by atoms with Crippen LogP contribution >= 0.6 is 0 Å². The first-order valence-corrected chi connectivity index (χ1v) is 9.53. The summed E-state index contributed by atoms with van der Waals surface area (Å²) in [4.78, 5) is 53.1. The van der Waals surface area contributed by atoms with Crippen molar-refractivity contribution in [1.82, 2.24) is 15.3 Å². The second kappa shape index (κ2) is 9.77. The normalized spacial score (nSPS) is 25.2. The zero-order chi connectivity index (χ0) is 20.0. The number of likely N-dealkylation sites (tertiary alicyclic amines) is 1. The standard InChI is InChI=1S/C18H28FN3O5/c1-12-5-3-4-6-13(2)21(12)11-14(19)18(26)20-10-9-17(25)27-22-15(23)7-8-16(22)24/h12-14H,3-11H2,1-2H3,(H,20,26)/t12?,13?,14-/m0/s1. The van der Waals surface area contributed by atoms with E-state index in [1.165, 1.54) is 0 Å². The quantitative estimate of drug-likeness (QED) is 0.659. The van der Waals surface area contributed by atoms with E-state index in [0.717, 1.165) is 25.7 Å². The Labute approximate surface area is 158 Å². The Balaban J connectivity index is 1.72. The number of hydrogen-bond acceptors (Lipinski definition) is 6. The van der Waals surface area contributed by atoms with Gasteiger partial charge in [0.1, 0.15) is 0 Å². The van der Waals surface area contributed by atoms with Gasteiger partial charge in [0.2, 0.25) is 0 Å². The minimum atomic E-state index is -1.69. The smallest absolute Gasteiger partial charge is 0.334 e. The summed E-state index contributed by atoms with van der Waals surface area (Å²) >= 11 is 0. The summed E-state index contributed by atoms with van der Waals surface area (Å²) in [6.07, 6.45) is 2.26. The zero-order valence-corrected chi connectivity index (χ0v) is 15.9. The third-order valence-corrected chi connectivity index (χ3v) is 5.11. The fraction of sp³-hybridized carbons (Fsp3) is 0.778. The van der Waals surface area contributed by atoms with Crippen LogP contribution in [0.2, 0.25) is 0 Å². The highest BCUT2D eigenvalue weighted by atomic mass is 19.1. The Morgan fingerprint density at radius 3 is 2.26 bits per heavy atom. The monoisotopic (exact) mass is 385 g/mol. The average Bonchev–Trinajstić information content (AvgIpc) is 2.84. The topological polar surface area (TPSA) is 96.0 Å². The highest BCUT2D eigenvalue weighted by Crippen LogP contribution is 2.22. The molecule has 0 aliphatic carbocycles. The van der Waals surface area contributed by atoms with Crippen LogP contribution in [-0.2, 0) is 24.0 Å². The third kappa shape index (κ3) is 5.98. The fourth-order valence-corrected chi connectivity index (χ4v) is 3.48. The van der Waals surface area contributed by atoms with Crippen molar-refractivity contribution >= 4 is 23.7 Å². The van der Waals surface area contributed by atoms with E-state index in [4.69, 9.17) is 0 Å².